The van der Waals surface area contributed by atoms with E-state index in [9.17, 15) is 4.57 Å². The summed E-state index contributed by atoms with van der Waals surface area (Å²) in [4.78, 5) is 0. The summed E-state index contributed by atoms with van der Waals surface area (Å²) in [7, 11) is -0.422. The van der Waals surface area contributed by atoms with Crippen molar-refractivity contribution in [3.8, 4) is 11.1 Å². The number of hydrogen-bond acceptors (Lipinski definition) is 3. The summed E-state index contributed by atoms with van der Waals surface area (Å²) < 4.78 is 22.4. The average Bonchev–Trinajstić information content (AvgIpc) is 2.54. The Kier molecular flexibility index (Phi) is 5.17. The van der Waals surface area contributed by atoms with Gasteiger partial charge >= 0.3 is 7.60 Å². The highest BCUT2D eigenvalue weighted by molar-refractivity contribution is 9.08. The summed E-state index contributed by atoms with van der Waals surface area (Å²) in [5, 5.41) is 1.39. The Labute approximate surface area is 127 Å². The van der Waals surface area contributed by atoms with Crippen LogP contribution in [0.5, 0.6) is 0 Å². The minimum atomic E-state index is -3.20. The molecule has 106 valence electrons. The van der Waals surface area contributed by atoms with Crippen molar-refractivity contribution in [1.29, 1.82) is 0 Å². The third kappa shape index (κ3) is 3.21. The van der Waals surface area contributed by atoms with Crippen molar-refractivity contribution in [2.24, 2.45) is 0 Å². The smallest absolute Gasteiger partial charge is 0.309 e. The molecule has 0 saturated carbocycles. The molecule has 0 aliphatic heterocycles. The van der Waals surface area contributed by atoms with Gasteiger partial charge in [-0.25, -0.2) is 0 Å². The van der Waals surface area contributed by atoms with Crippen LogP contribution in [-0.2, 0) is 18.9 Å². The van der Waals surface area contributed by atoms with Gasteiger partial charge in [-0.15, -0.1) is 0 Å². The molecule has 0 saturated heterocycles. The molecular formula is C15H16BrO3P. The van der Waals surface area contributed by atoms with Gasteiger partial charge in [0.15, 0.2) is 0 Å². The van der Waals surface area contributed by atoms with Crippen LogP contribution in [0.3, 0.4) is 0 Å². The highest BCUT2D eigenvalue weighted by Crippen LogP contribution is 2.45. The fourth-order valence-corrected chi connectivity index (χ4v) is 3.44. The van der Waals surface area contributed by atoms with E-state index in [1.54, 1.807) is 6.07 Å². The maximum absolute atomic E-state index is 12.4. The first-order valence-corrected chi connectivity index (χ1v) is 8.77. The van der Waals surface area contributed by atoms with Crippen LogP contribution >= 0.6 is 23.5 Å². The van der Waals surface area contributed by atoms with Crippen LogP contribution in [0.15, 0.2) is 48.5 Å². The largest absolute Gasteiger partial charge is 0.360 e. The Balaban J connectivity index is 2.41. The minimum Gasteiger partial charge on any atom is -0.309 e. The van der Waals surface area contributed by atoms with Crippen molar-refractivity contribution in [2.45, 2.75) is 5.33 Å². The molecule has 20 heavy (non-hydrogen) atoms. The lowest BCUT2D eigenvalue weighted by Gasteiger charge is -2.14. The SMILES string of the molecule is COP(=O)(OC)c1cccc(-c2ccc(CBr)cc2)c1. The summed E-state index contributed by atoms with van der Waals surface area (Å²) in [5.41, 5.74) is 3.26. The van der Waals surface area contributed by atoms with Crippen molar-refractivity contribution in [3.63, 3.8) is 0 Å². The molecule has 0 unspecified atom stereocenters. The standard InChI is InChI=1S/C15H16BrO3P/c1-18-20(17,19-2)15-5-3-4-14(10-15)13-8-6-12(11-16)7-9-13/h3-10H,11H2,1-2H3. The van der Waals surface area contributed by atoms with E-state index < -0.39 is 7.60 Å². The zero-order chi connectivity index (χ0) is 14.6. The van der Waals surface area contributed by atoms with E-state index in [4.69, 9.17) is 9.05 Å². The van der Waals surface area contributed by atoms with Crippen LogP contribution in [0.2, 0.25) is 0 Å². The number of alkyl halides is 1. The first-order chi connectivity index (χ1) is 9.62. The summed E-state index contributed by atoms with van der Waals surface area (Å²) in [6, 6.07) is 15.6. The van der Waals surface area contributed by atoms with Gasteiger partial charge in [-0.3, -0.25) is 4.57 Å². The van der Waals surface area contributed by atoms with Gasteiger partial charge in [-0.1, -0.05) is 52.3 Å². The fraction of sp³-hybridized carbons (Fsp3) is 0.200. The topological polar surface area (TPSA) is 35.5 Å². The normalized spacial score (nSPS) is 11.6. The zero-order valence-corrected chi connectivity index (χ0v) is 13.9. The molecule has 0 radical (unpaired) electrons. The fourth-order valence-electron chi connectivity index (χ4n) is 1.93. The minimum absolute atomic E-state index is 0.560. The highest BCUT2D eigenvalue weighted by atomic mass is 79.9. The van der Waals surface area contributed by atoms with E-state index in [1.807, 2.05) is 30.3 Å². The lowest BCUT2D eigenvalue weighted by atomic mass is 10.0. The number of hydrogen-bond donors (Lipinski definition) is 0. The molecule has 5 heteroatoms. The van der Waals surface area contributed by atoms with Crippen LogP contribution < -0.4 is 5.30 Å². The molecule has 0 aliphatic rings. The lowest BCUT2D eigenvalue weighted by Crippen LogP contribution is -2.07. The maximum Gasteiger partial charge on any atom is 0.360 e. The summed E-state index contributed by atoms with van der Waals surface area (Å²) in [6.07, 6.45) is 0. The van der Waals surface area contributed by atoms with Gasteiger partial charge < -0.3 is 9.05 Å². The molecule has 2 rings (SSSR count). The van der Waals surface area contributed by atoms with Gasteiger partial charge in [0.25, 0.3) is 0 Å². The van der Waals surface area contributed by atoms with Crippen LogP contribution in [-0.4, -0.2) is 14.2 Å². The predicted octanol–water partition coefficient (Wildman–Crippen LogP) is 4.36. The van der Waals surface area contributed by atoms with Crippen LogP contribution in [0.1, 0.15) is 5.56 Å². The van der Waals surface area contributed by atoms with Gasteiger partial charge in [-0.2, -0.15) is 0 Å². The van der Waals surface area contributed by atoms with Crippen molar-refractivity contribution in [2.75, 3.05) is 14.2 Å². The molecule has 3 nitrogen and oxygen atoms in total. The first kappa shape index (κ1) is 15.5. The Bertz CT molecular complexity index is 617. The Morgan fingerprint density at radius 3 is 2.20 bits per heavy atom. The van der Waals surface area contributed by atoms with Gasteiger partial charge in [0.1, 0.15) is 0 Å². The van der Waals surface area contributed by atoms with Crippen molar-refractivity contribution < 1.29 is 13.6 Å². The third-order valence-corrected chi connectivity index (χ3v) is 5.60. The van der Waals surface area contributed by atoms with E-state index in [2.05, 4.69) is 28.1 Å². The molecule has 2 aromatic rings. The van der Waals surface area contributed by atoms with Crippen molar-refractivity contribution >= 4 is 28.8 Å². The lowest BCUT2D eigenvalue weighted by molar-refractivity contribution is 0.287. The van der Waals surface area contributed by atoms with E-state index in [1.165, 1.54) is 19.8 Å². The van der Waals surface area contributed by atoms with Crippen molar-refractivity contribution in [1.82, 2.24) is 0 Å². The van der Waals surface area contributed by atoms with E-state index in [-0.39, 0.29) is 0 Å². The van der Waals surface area contributed by atoms with Crippen LogP contribution in [0.25, 0.3) is 11.1 Å². The van der Waals surface area contributed by atoms with E-state index >= 15 is 0 Å². The van der Waals surface area contributed by atoms with Crippen LogP contribution in [0.4, 0.5) is 0 Å². The molecule has 0 spiro atoms. The molecule has 0 N–H and O–H groups in total. The molecule has 0 aromatic heterocycles. The highest BCUT2D eigenvalue weighted by Gasteiger charge is 2.24. The molecule has 0 amide bonds. The van der Waals surface area contributed by atoms with Crippen molar-refractivity contribution in [3.05, 3.63) is 54.1 Å². The Morgan fingerprint density at radius 2 is 1.65 bits per heavy atom. The number of benzene rings is 2. The van der Waals surface area contributed by atoms with Gasteiger partial charge in [0, 0.05) is 19.5 Å². The van der Waals surface area contributed by atoms with Crippen LogP contribution in [0, 0.1) is 0 Å². The molecule has 0 aliphatic carbocycles. The molecule has 0 heterocycles. The number of rotatable bonds is 5. The van der Waals surface area contributed by atoms with Gasteiger partial charge in [0.2, 0.25) is 0 Å². The first-order valence-electron chi connectivity index (χ1n) is 6.10. The van der Waals surface area contributed by atoms with E-state index in [0.717, 1.165) is 16.5 Å². The second-order valence-corrected chi connectivity index (χ2v) is 7.05. The summed E-state index contributed by atoms with van der Waals surface area (Å²) in [6.45, 7) is 0. The summed E-state index contributed by atoms with van der Waals surface area (Å²) in [5.74, 6) is 0. The zero-order valence-electron chi connectivity index (χ0n) is 11.4. The predicted molar refractivity (Wildman–Crippen MR) is 85.8 cm³/mol. The monoisotopic (exact) mass is 354 g/mol. The van der Waals surface area contributed by atoms with Gasteiger partial charge in [-0.05, 0) is 28.8 Å². The molecule has 0 fully saturated rings. The van der Waals surface area contributed by atoms with E-state index in [0.29, 0.717) is 5.30 Å². The average molecular weight is 355 g/mol. The maximum atomic E-state index is 12.4. The summed E-state index contributed by atoms with van der Waals surface area (Å²) >= 11 is 3.42. The Morgan fingerprint density at radius 1 is 1.00 bits per heavy atom. The molecule has 0 bridgehead atoms. The second-order valence-electron chi connectivity index (χ2n) is 4.24. The number of halogens is 1. The molecular weight excluding hydrogens is 339 g/mol. The Hall–Kier alpha value is -0.930. The van der Waals surface area contributed by atoms with Gasteiger partial charge in [0.05, 0.1) is 5.30 Å². The quantitative estimate of drug-likeness (QED) is 0.591. The molecule has 0 atom stereocenters. The second kappa shape index (κ2) is 6.68. The third-order valence-electron chi connectivity index (χ3n) is 3.08. The molecule has 2 aromatic carbocycles.